The number of thiophene rings is 1. The quantitative estimate of drug-likeness (QED) is 0.911. The molecule has 3 nitrogen and oxygen atoms in total. The average molecular weight is 289 g/mol. The summed E-state index contributed by atoms with van der Waals surface area (Å²) in [5.74, 6) is 0.841. The van der Waals surface area contributed by atoms with Gasteiger partial charge in [0.05, 0.1) is 4.88 Å². The highest BCUT2D eigenvalue weighted by Crippen LogP contribution is 2.20. The van der Waals surface area contributed by atoms with Crippen molar-refractivity contribution in [3.8, 4) is 5.75 Å². The Morgan fingerprint density at radius 1 is 1.25 bits per heavy atom. The first-order valence-electron chi connectivity index (χ1n) is 6.66. The lowest BCUT2D eigenvalue weighted by atomic mass is 10.1. The molecule has 0 fully saturated rings. The molecular weight excluding hydrogens is 270 g/mol. The van der Waals surface area contributed by atoms with Gasteiger partial charge in [0.15, 0.2) is 0 Å². The Morgan fingerprint density at radius 3 is 2.75 bits per heavy atom. The van der Waals surface area contributed by atoms with Gasteiger partial charge in [0.2, 0.25) is 0 Å². The number of hydrogen-bond acceptors (Lipinski definition) is 3. The predicted molar refractivity (Wildman–Crippen MR) is 82.6 cm³/mol. The maximum absolute atomic E-state index is 11.7. The molecule has 0 saturated heterocycles. The second-order valence-corrected chi connectivity index (χ2v) is 5.62. The van der Waals surface area contributed by atoms with Gasteiger partial charge in [-0.25, -0.2) is 0 Å². The molecule has 106 valence electrons. The Kier molecular flexibility index (Phi) is 4.79. The lowest BCUT2D eigenvalue weighted by Gasteiger charge is -2.07. The number of benzene rings is 1. The average Bonchev–Trinajstić information content (AvgIpc) is 2.89. The number of ether oxygens (including phenoxy) is 1. The van der Waals surface area contributed by atoms with Crippen molar-refractivity contribution >= 4 is 17.2 Å². The molecule has 0 saturated carbocycles. The van der Waals surface area contributed by atoms with E-state index in [0.717, 1.165) is 16.2 Å². The Morgan fingerprint density at radius 2 is 2.05 bits per heavy atom. The number of rotatable bonds is 5. The van der Waals surface area contributed by atoms with Crippen molar-refractivity contribution in [3.63, 3.8) is 0 Å². The molecule has 0 spiro atoms. The molecule has 4 heteroatoms. The van der Waals surface area contributed by atoms with Gasteiger partial charge < -0.3 is 10.1 Å². The van der Waals surface area contributed by atoms with Gasteiger partial charge in [-0.1, -0.05) is 6.07 Å². The van der Waals surface area contributed by atoms with Gasteiger partial charge in [0.25, 0.3) is 5.91 Å². The molecule has 20 heavy (non-hydrogen) atoms. The molecule has 2 aromatic rings. The van der Waals surface area contributed by atoms with Crippen molar-refractivity contribution in [2.75, 3.05) is 6.54 Å². The minimum atomic E-state index is -0.0186. The van der Waals surface area contributed by atoms with E-state index < -0.39 is 0 Å². The van der Waals surface area contributed by atoms with Crippen molar-refractivity contribution in [2.45, 2.75) is 27.4 Å². The minimum Gasteiger partial charge on any atom is -0.489 e. The van der Waals surface area contributed by atoms with Crippen LogP contribution < -0.4 is 10.1 Å². The maximum atomic E-state index is 11.7. The predicted octanol–water partition coefficient (Wildman–Crippen LogP) is 3.69. The van der Waals surface area contributed by atoms with Crippen LogP contribution in [0.15, 0.2) is 29.6 Å². The van der Waals surface area contributed by atoms with Crippen LogP contribution in [-0.2, 0) is 6.61 Å². The highest BCUT2D eigenvalue weighted by Gasteiger charge is 2.08. The largest absolute Gasteiger partial charge is 0.489 e. The Labute approximate surface area is 123 Å². The topological polar surface area (TPSA) is 38.3 Å². The van der Waals surface area contributed by atoms with Crippen molar-refractivity contribution in [2.24, 2.45) is 0 Å². The van der Waals surface area contributed by atoms with Crippen LogP contribution in [0, 0.1) is 13.8 Å². The monoisotopic (exact) mass is 289 g/mol. The SMILES string of the molecule is CCNC(=O)c1cc(COc2ccc(C)c(C)c2)cs1. The van der Waals surface area contributed by atoms with Crippen LogP contribution >= 0.6 is 11.3 Å². The van der Waals surface area contributed by atoms with Crippen molar-refractivity contribution in [1.82, 2.24) is 5.32 Å². The molecule has 1 N–H and O–H groups in total. The van der Waals surface area contributed by atoms with Crippen molar-refractivity contribution in [3.05, 3.63) is 51.2 Å². The summed E-state index contributed by atoms with van der Waals surface area (Å²) >= 11 is 1.45. The van der Waals surface area contributed by atoms with Crippen LogP contribution in [-0.4, -0.2) is 12.5 Å². The zero-order chi connectivity index (χ0) is 14.5. The van der Waals surface area contributed by atoms with Crippen molar-refractivity contribution in [1.29, 1.82) is 0 Å². The van der Waals surface area contributed by atoms with Crippen molar-refractivity contribution < 1.29 is 9.53 Å². The van der Waals surface area contributed by atoms with E-state index in [2.05, 4.69) is 25.2 Å². The number of amides is 1. The summed E-state index contributed by atoms with van der Waals surface area (Å²) in [6.07, 6.45) is 0. The molecular formula is C16H19NO2S. The zero-order valence-corrected chi connectivity index (χ0v) is 12.8. The lowest BCUT2D eigenvalue weighted by molar-refractivity contribution is 0.0960. The van der Waals surface area contributed by atoms with Gasteiger partial charge >= 0.3 is 0 Å². The summed E-state index contributed by atoms with van der Waals surface area (Å²) in [5.41, 5.74) is 3.50. The fraction of sp³-hybridized carbons (Fsp3) is 0.312. The van der Waals surface area contributed by atoms with E-state index in [4.69, 9.17) is 4.74 Å². The molecule has 0 radical (unpaired) electrons. The lowest BCUT2D eigenvalue weighted by Crippen LogP contribution is -2.21. The number of carbonyl (C=O) groups excluding carboxylic acids is 1. The fourth-order valence-corrected chi connectivity index (χ4v) is 2.60. The summed E-state index contributed by atoms with van der Waals surface area (Å²) < 4.78 is 5.76. The van der Waals surface area contributed by atoms with E-state index in [1.54, 1.807) is 0 Å². The fourth-order valence-electron chi connectivity index (χ4n) is 1.79. The molecule has 0 unspecified atom stereocenters. The first-order valence-corrected chi connectivity index (χ1v) is 7.53. The second kappa shape index (κ2) is 6.57. The molecule has 0 aliphatic carbocycles. The standard InChI is InChI=1S/C16H19NO2S/c1-4-17-16(18)15-8-13(10-20-15)9-19-14-6-5-11(2)12(3)7-14/h5-8,10H,4,9H2,1-3H3,(H,17,18). The van der Waals surface area contributed by atoms with Gasteiger partial charge in [-0.15, -0.1) is 11.3 Å². The first kappa shape index (κ1) is 14.6. The number of aryl methyl sites for hydroxylation is 2. The molecule has 0 aliphatic rings. The molecule has 0 atom stereocenters. The van der Waals surface area contributed by atoms with Crippen LogP contribution in [0.3, 0.4) is 0 Å². The van der Waals surface area contributed by atoms with E-state index in [-0.39, 0.29) is 5.91 Å². The molecule has 2 rings (SSSR count). The van der Waals surface area contributed by atoms with Gasteiger partial charge in [0.1, 0.15) is 12.4 Å². The normalized spacial score (nSPS) is 10.3. The summed E-state index contributed by atoms with van der Waals surface area (Å²) in [7, 11) is 0. The molecule has 0 bridgehead atoms. The van der Waals surface area contributed by atoms with Crippen LogP contribution in [0.2, 0.25) is 0 Å². The highest BCUT2D eigenvalue weighted by atomic mass is 32.1. The van der Waals surface area contributed by atoms with Crippen LogP contribution in [0.5, 0.6) is 5.75 Å². The third-order valence-electron chi connectivity index (χ3n) is 3.10. The molecule has 1 amide bonds. The molecule has 1 aromatic heterocycles. The Hall–Kier alpha value is -1.81. The smallest absolute Gasteiger partial charge is 0.261 e. The molecule has 0 aliphatic heterocycles. The van der Waals surface area contributed by atoms with Gasteiger partial charge in [-0.05, 0) is 55.5 Å². The van der Waals surface area contributed by atoms with E-state index in [9.17, 15) is 4.79 Å². The number of carbonyl (C=O) groups is 1. The summed E-state index contributed by atoms with van der Waals surface area (Å²) in [5, 5.41) is 4.76. The Balaban J connectivity index is 1.97. The van der Waals surface area contributed by atoms with E-state index in [1.165, 1.54) is 22.5 Å². The third kappa shape index (κ3) is 3.61. The molecule has 1 aromatic carbocycles. The van der Waals surface area contributed by atoms with Crippen LogP contribution in [0.25, 0.3) is 0 Å². The van der Waals surface area contributed by atoms with E-state index in [0.29, 0.717) is 13.2 Å². The summed E-state index contributed by atoms with van der Waals surface area (Å²) in [6, 6.07) is 7.95. The summed E-state index contributed by atoms with van der Waals surface area (Å²) in [6.45, 7) is 7.19. The van der Waals surface area contributed by atoms with E-state index >= 15 is 0 Å². The highest BCUT2D eigenvalue weighted by molar-refractivity contribution is 7.12. The first-order chi connectivity index (χ1) is 9.60. The summed E-state index contributed by atoms with van der Waals surface area (Å²) in [4.78, 5) is 12.4. The van der Waals surface area contributed by atoms with Gasteiger partial charge in [0, 0.05) is 12.1 Å². The second-order valence-electron chi connectivity index (χ2n) is 4.71. The maximum Gasteiger partial charge on any atom is 0.261 e. The van der Waals surface area contributed by atoms with Gasteiger partial charge in [-0.3, -0.25) is 4.79 Å². The van der Waals surface area contributed by atoms with E-state index in [1.807, 2.05) is 30.5 Å². The van der Waals surface area contributed by atoms with Gasteiger partial charge in [-0.2, -0.15) is 0 Å². The number of hydrogen-bond donors (Lipinski definition) is 1. The Bertz CT molecular complexity index is 604. The minimum absolute atomic E-state index is 0.0186. The van der Waals surface area contributed by atoms with Crippen LogP contribution in [0.1, 0.15) is 33.3 Å². The van der Waals surface area contributed by atoms with Crippen LogP contribution in [0.4, 0.5) is 0 Å². The number of nitrogens with one attached hydrogen (secondary N) is 1. The molecule has 1 heterocycles. The zero-order valence-electron chi connectivity index (χ0n) is 12.0. The third-order valence-corrected chi connectivity index (χ3v) is 4.08.